The fourth-order valence-corrected chi connectivity index (χ4v) is 3.82. The van der Waals surface area contributed by atoms with Crippen molar-refractivity contribution in [2.45, 2.75) is 30.7 Å². The van der Waals surface area contributed by atoms with Crippen molar-refractivity contribution < 1.29 is 23.2 Å². The summed E-state index contributed by atoms with van der Waals surface area (Å²) in [6.07, 6.45) is 1.91. The van der Waals surface area contributed by atoms with Crippen LogP contribution in [0, 0.1) is 11.6 Å². The summed E-state index contributed by atoms with van der Waals surface area (Å²) in [5, 5.41) is 5.29. The molecule has 8 heteroatoms. The Morgan fingerprint density at radius 3 is 2.40 bits per heavy atom. The molecule has 30 heavy (non-hydrogen) atoms. The maximum absolute atomic E-state index is 13.6. The van der Waals surface area contributed by atoms with Crippen LogP contribution in [0.25, 0.3) is 0 Å². The van der Waals surface area contributed by atoms with E-state index in [0.717, 1.165) is 35.4 Å². The first-order valence-electron chi connectivity index (χ1n) is 9.67. The van der Waals surface area contributed by atoms with Gasteiger partial charge in [0.2, 0.25) is 5.91 Å². The van der Waals surface area contributed by atoms with Crippen LogP contribution in [0.4, 0.5) is 13.6 Å². The molecule has 0 spiro atoms. The van der Waals surface area contributed by atoms with Crippen LogP contribution in [0.5, 0.6) is 0 Å². The van der Waals surface area contributed by atoms with Gasteiger partial charge in [-0.15, -0.1) is 0 Å². The lowest BCUT2D eigenvalue weighted by molar-refractivity contribution is -0.134. The van der Waals surface area contributed by atoms with Gasteiger partial charge in [-0.2, -0.15) is 0 Å². The Morgan fingerprint density at radius 2 is 1.77 bits per heavy atom. The molecule has 1 aliphatic carbocycles. The van der Waals surface area contributed by atoms with Crippen LogP contribution >= 0.6 is 0 Å². The monoisotopic (exact) mass is 413 g/mol. The minimum absolute atomic E-state index is 0.101. The van der Waals surface area contributed by atoms with Crippen molar-refractivity contribution in [3.05, 3.63) is 71.3 Å². The van der Waals surface area contributed by atoms with E-state index in [9.17, 15) is 23.2 Å². The zero-order valence-electron chi connectivity index (χ0n) is 16.4. The Bertz CT molecular complexity index is 1020. The van der Waals surface area contributed by atoms with E-state index in [-0.39, 0.29) is 11.0 Å². The molecular formula is C22H21F2N3O3. The van der Waals surface area contributed by atoms with Crippen LogP contribution in [-0.2, 0) is 20.5 Å². The zero-order valence-corrected chi connectivity index (χ0v) is 16.4. The number of urea groups is 1. The number of imide groups is 1. The van der Waals surface area contributed by atoms with Crippen LogP contribution in [0.3, 0.4) is 0 Å². The van der Waals surface area contributed by atoms with Gasteiger partial charge >= 0.3 is 6.03 Å². The van der Waals surface area contributed by atoms with Crippen molar-refractivity contribution in [2.75, 3.05) is 13.1 Å². The summed E-state index contributed by atoms with van der Waals surface area (Å²) in [6, 6.07) is 12.1. The van der Waals surface area contributed by atoms with E-state index in [0.29, 0.717) is 6.54 Å². The van der Waals surface area contributed by atoms with Gasteiger partial charge in [0.1, 0.15) is 12.1 Å². The van der Waals surface area contributed by atoms with Crippen molar-refractivity contribution in [3.8, 4) is 0 Å². The highest BCUT2D eigenvalue weighted by Crippen LogP contribution is 2.47. The number of rotatable bonds is 6. The van der Waals surface area contributed by atoms with Crippen LogP contribution in [0.2, 0.25) is 0 Å². The molecule has 1 atom stereocenters. The Hall–Kier alpha value is -3.29. The fourth-order valence-electron chi connectivity index (χ4n) is 3.82. The highest BCUT2D eigenvalue weighted by Gasteiger charge is 2.50. The van der Waals surface area contributed by atoms with Crippen molar-refractivity contribution in [3.63, 3.8) is 0 Å². The third kappa shape index (κ3) is 3.42. The molecule has 4 amide bonds. The summed E-state index contributed by atoms with van der Waals surface area (Å²) in [5.74, 6) is -3.33. The smallest absolute Gasteiger partial charge is 0.325 e. The molecule has 6 nitrogen and oxygen atoms in total. The molecule has 1 saturated carbocycles. The van der Waals surface area contributed by atoms with E-state index in [1.165, 1.54) is 13.0 Å². The minimum atomic E-state index is -1.58. The largest absolute Gasteiger partial charge is 0.354 e. The standard InChI is InChI=1S/C22H21F2N3O3/c1-21(15-7-8-16(23)17(24)11-15)19(29)27(20(30)26-21)12-18(28)25-13-22(9-10-22)14-5-3-2-4-6-14/h2-8,11H,9-10,12-13H2,1H3,(H,25,28)(H,26,30). The number of benzene rings is 2. The van der Waals surface area contributed by atoms with Crippen LogP contribution in [-0.4, -0.2) is 35.8 Å². The lowest BCUT2D eigenvalue weighted by Gasteiger charge is -2.22. The first-order chi connectivity index (χ1) is 14.2. The van der Waals surface area contributed by atoms with Gasteiger partial charge in [-0.1, -0.05) is 36.4 Å². The number of amides is 4. The topological polar surface area (TPSA) is 78.5 Å². The first kappa shape index (κ1) is 20.0. The summed E-state index contributed by atoms with van der Waals surface area (Å²) < 4.78 is 26.8. The molecular weight excluding hydrogens is 392 g/mol. The van der Waals surface area contributed by atoms with Gasteiger partial charge in [0.25, 0.3) is 5.91 Å². The average molecular weight is 413 g/mol. The Balaban J connectivity index is 1.42. The van der Waals surface area contributed by atoms with Gasteiger partial charge in [-0.3, -0.25) is 14.5 Å². The second-order valence-electron chi connectivity index (χ2n) is 8.00. The van der Waals surface area contributed by atoms with Gasteiger partial charge in [0.05, 0.1) is 0 Å². The minimum Gasteiger partial charge on any atom is -0.354 e. The number of halogens is 2. The third-order valence-corrected chi connectivity index (χ3v) is 5.94. The number of carbonyl (C=O) groups is 3. The molecule has 2 aromatic rings. The number of carbonyl (C=O) groups excluding carboxylic acids is 3. The molecule has 0 bridgehead atoms. The summed E-state index contributed by atoms with van der Waals surface area (Å²) in [6.45, 7) is 1.36. The predicted molar refractivity (Wildman–Crippen MR) is 104 cm³/mol. The first-order valence-corrected chi connectivity index (χ1v) is 9.67. The molecule has 0 aromatic heterocycles. The third-order valence-electron chi connectivity index (χ3n) is 5.94. The highest BCUT2D eigenvalue weighted by atomic mass is 19.2. The van der Waals surface area contributed by atoms with Crippen LogP contribution in [0.1, 0.15) is 30.9 Å². The van der Waals surface area contributed by atoms with Gasteiger partial charge in [-0.25, -0.2) is 13.6 Å². The number of nitrogens with one attached hydrogen (secondary N) is 2. The molecule has 4 rings (SSSR count). The average Bonchev–Trinajstić information content (AvgIpc) is 3.49. The second kappa shape index (κ2) is 7.19. The molecule has 1 unspecified atom stereocenters. The molecule has 2 fully saturated rings. The van der Waals surface area contributed by atoms with Gasteiger partial charge in [-0.05, 0) is 43.0 Å². The van der Waals surface area contributed by atoms with Crippen molar-refractivity contribution >= 4 is 17.8 Å². The molecule has 0 radical (unpaired) electrons. The molecule has 2 aromatic carbocycles. The lowest BCUT2D eigenvalue weighted by Crippen LogP contribution is -2.44. The summed E-state index contributed by atoms with van der Waals surface area (Å²) in [5.41, 5.74) is -0.433. The quantitative estimate of drug-likeness (QED) is 0.715. The number of nitrogens with zero attached hydrogens (tertiary/aromatic N) is 1. The van der Waals surface area contributed by atoms with Crippen molar-refractivity contribution in [1.29, 1.82) is 0 Å². The zero-order chi connectivity index (χ0) is 21.5. The van der Waals surface area contributed by atoms with Crippen LogP contribution < -0.4 is 10.6 Å². The molecule has 2 aliphatic rings. The van der Waals surface area contributed by atoms with Crippen molar-refractivity contribution in [2.24, 2.45) is 0 Å². The number of hydrogen-bond donors (Lipinski definition) is 2. The SMILES string of the molecule is CC1(c2ccc(F)c(F)c2)NC(=O)N(CC(=O)NCC2(c3ccccc3)CC2)C1=O. The Kier molecular flexibility index (Phi) is 4.80. The fraction of sp³-hybridized carbons (Fsp3) is 0.318. The van der Waals surface area contributed by atoms with Gasteiger partial charge in [0, 0.05) is 12.0 Å². The maximum atomic E-state index is 13.6. The van der Waals surface area contributed by atoms with E-state index >= 15 is 0 Å². The second-order valence-corrected chi connectivity index (χ2v) is 8.00. The van der Waals surface area contributed by atoms with E-state index < -0.39 is 41.6 Å². The normalized spacial score (nSPS) is 22.0. The lowest BCUT2D eigenvalue weighted by atomic mass is 9.92. The van der Waals surface area contributed by atoms with E-state index in [1.807, 2.05) is 30.3 Å². The summed E-state index contributed by atoms with van der Waals surface area (Å²) >= 11 is 0. The van der Waals surface area contributed by atoms with Crippen molar-refractivity contribution in [1.82, 2.24) is 15.5 Å². The molecule has 2 N–H and O–H groups in total. The van der Waals surface area contributed by atoms with E-state index in [2.05, 4.69) is 10.6 Å². The molecule has 1 heterocycles. The Labute approximate surface area is 172 Å². The Morgan fingerprint density at radius 1 is 1.07 bits per heavy atom. The maximum Gasteiger partial charge on any atom is 0.325 e. The molecule has 1 aliphatic heterocycles. The van der Waals surface area contributed by atoms with Gasteiger partial charge < -0.3 is 10.6 Å². The van der Waals surface area contributed by atoms with E-state index in [4.69, 9.17) is 0 Å². The number of hydrogen-bond acceptors (Lipinski definition) is 3. The predicted octanol–water partition coefficient (Wildman–Crippen LogP) is 2.58. The summed E-state index contributed by atoms with van der Waals surface area (Å²) in [4.78, 5) is 38.4. The van der Waals surface area contributed by atoms with Crippen LogP contribution in [0.15, 0.2) is 48.5 Å². The molecule has 156 valence electrons. The van der Waals surface area contributed by atoms with E-state index in [1.54, 1.807) is 0 Å². The van der Waals surface area contributed by atoms with Gasteiger partial charge in [0.15, 0.2) is 11.6 Å². The highest BCUT2D eigenvalue weighted by molar-refractivity contribution is 6.09. The molecule has 1 saturated heterocycles. The summed E-state index contributed by atoms with van der Waals surface area (Å²) in [7, 11) is 0.